The van der Waals surface area contributed by atoms with Gasteiger partial charge < -0.3 is 11.1 Å². The minimum atomic E-state index is -3.69. The van der Waals surface area contributed by atoms with Gasteiger partial charge in [0.25, 0.3) is 0 Å². The number of halogens is 1. The van der Waals surface area contributed by atoms with Crippen LogP contribution in [-0.2, 0) is 15.6 Å². The minimum absolute atomic E-state index is 0.187. The van der Waals surface area contributed by atoms with E-state index in [1.807, 2.05) is 0 Å². The molecule has 0 saturated carbocycles. The molecule has 1 heterocycles. The molecular formula is C11H13FN4O2S. The SMILES string of the molecule is CS(=O)(=O)c1cc(C2(N)N=C(N)C=CN2)ccc1F. The summed E-state index contributed by atoms with van der Waals surface area (Å²) < 4.78 is 36.5. The van der Waals surface area contributed by atoms with Crippen molar-refractivity contribution in [3.63, 3.8) is 0 Å². The Bertz CT molecular complexity index is 684. The zero-order valence-electron chi connectivity index (χ0n) is 10.1. The highest BCUT2D eigenvalue weighted by atomic mass is 32.2. The standard InChI is InChI=1S/C11H13FN4O2S/c1-19(17,18)9-6-7(2-3-8(9)12)11(14)15-5-4-10(13)16-11/h2-6,15H,14H2,1H3,(H2,13,16). The maximum Gasteiger partial charge on any atom is 0.211 e. The predicted octanol–water partition coefficient (Wildman–Crippen LogP) is -0.228. The van der Waals surface area contributed by atoms with Gasteiger partial charge in [0.1, 0.15) is 16.5 Å². The summed E-state index contributed by atoms with van der Waals surface area (Å²) in [6.07, 6.45) is 3.92. The number of benzene rings is 1. The number of hydrogen-bond donors (Lipinski definition) is 3. The van der Waals surface area contributed by atoms with Gasteiger partial charge in [0.15, 0.2) is 9.84 Å². The first-order valence-electron chi connectivity index (χ1n) is 5.31. The summed E-state index contributed by atoms with van der Waals surface area (Å²) in [5.41, 5.74) is 11.8. The average Bonchev–Trinajstić information content (AvgIpc) is 2.27. The van der Waals surface area contributed by atoms with Crippen molar-refractivity contribution in [2.75, 3.05) is 6.26 Å². The van der Waals surface area contributed by atoms with E-state index in [4.69, 9.17) is 11.5 Å². The molecule has 0 bridgehead atoms. The van der Waals surface area contributed by atoms with Gasteiger partial charge in [-0.2, -0.15) is 0 Å². The van der Waals surface area contributed by atoms with E-state index < -0.39 is 26.3 Å². The molecule has 6 nitrogen and oxygen atoms in total. The van der Waals surface area contributed by atoms with Crippen molar-refractivity contribution >= 4 is 15.7 Å². The van der Waals surface area contributed by atoms with Crippen molar-refractivity contribution < 1.29 is 12.8 Å². The van der Waals surface area contributed by atoms with Crippen LogP contribution in [0.15, 0.2) is 40.4 Å². The fraction of sp³-hybridized carbons (Fsp3) is 0.182. The molecule has 0 saturated heterocycles. The molecule has 102 valence electrons. The van der Waals surface area contributed by atoms with Gasteiger partial charge >= 0.3 is 0 Å². The second-order valence-corrected chi connectivity index (χ2v) is 6.18. The summed E-state index contributed by atoms with van der Waals surface area (Å²) in [6, 6.07) is 3.53. The second kappa shape index (κ2) is 4.32. The van der Waals surface area contributed by atoms with Crippen molar-refractivity contribution in [1.29, 1.82) is 0 Å². The first-order chi connectivity index (χ1) is 8.72. The van der Waals surface area contributed by atoms with Crippen LogP contribution in [-0.4, -0.2) is 20.5 Å². The smallest absolute Gasteiger partial charge is 0.211 e. The molecule has 0 fully saturated rings. The number of nitrogens with zero attached hydrogens (tertiary/aromatic N) is 1. The monoisotopic (exact) mass is 284 g/mol. The number of nitrogens with two attached hydrogens (primary N) is 2. The van der Waals surface area contributed by atoms with Crippen molar-refractivity contribution in [1.82, 2.24) is 5.32 Å². The summed E-state index contributed by atoms with van der Waals surface area (Å²) in [6.45, 7) is 0. The Balaban J connectivity index is 2.57. The first-order valence-corrected chi connectivity index (χ1v) is 7.20. The molecule has 1 aliphatic heterocycles. The summed E-state index contributed by atoms with van der Waals surface area (Å²) in [7, 11) is -3.69. The topological polar surface area (TPSA) is 111 Å². The molecule has 1 aromatic rings. The molecule has 1 unspecified atom stereocenters. The Morgan fingerprint density at radius 1 is 1.42 bits per heavy atom. The molecule has 0 aromatic heterocycles. The van der Waals surface area contributed by atoms with Gasteiger partial charge in [-0.25, -0.2) is 17.8 Å². The summed E-state index contributed by atoms with van der Waals surface area (Å²) in [5.74, 6) is -2.06. The molecule has 1 aromatic carbocycles. The Labute approximate surface area is 109 Å². The third kappa shape index (κ3) is 2.59. The largest absolute Gasteiger partial charge is 0.384 e. The second-order valence-electron chi connectivity index (χ2n) is 4.20. The highest BCUT2D eigenvalue weighted by molar-refractivity contribution is 7.90. The summed E-state index contributed by atoms with van der Waals surface area (Å²) in [4.78, 5) is 3.56. The fourth-order valence-electron chi connectivity index (χ4n) is 1.70. The van der Waals surface area contributed by atoms with Gasteiger partial charge in [0, 0.05) is 18.0 Å². The summed E-state index contributed by atoms with van der Waals surface area (Å²) in [5, 5.41) is 2.75. The Hall–Kier alpha value is -1.93. The van der Waals surface area contributed by atoms with E-state index in [2.05, 4.69) is 10.3 Å². The van der Waals surface area contributed by atoms with Crippen molar-refractivity contribution in [2.45, 2.75) is 10.7 Å². The fourth-order valence-corrected chi connectivity index (χ4v) is 2.46. The molecule has 1 aliphatic rings. The van der Waals surface area contributed by atoms with Crippen LogP contribution in [0.5, 0.6) is 0 Å². The molecule has 0 radical (unpaired) electrons. The van der Waals surface area contributed by atoms with Crippen LogP contribution in [0, 0.1) is 5.82 Å². The highest BCUT2D eigenvalue weighted by Crippen LogP contribution is 2.24. The molecule has 19 heavy (non-hydrogen) atoms. The van der Waals surface area contributed by atoms with Gasteiger partial charge in [-0.15, -0.1) is 0 Å². The third-order valence-corrected chi connectivity index (χ3v) is 3.75. The van der Waals surface area contributed by atoms with Gasteiger partial charge in [-0.05, 0) is 18.2 Å². The van der Waals surface area contributed by atoms with E-state index in [1.165, 1.54) is 18.3 Å². The lowest BCUT2D eigenvalue weighted by atomic mass is 10.1. The average molecular weight is 284 g/mol. The lowest BCUT2D eigenvalue weighted by molar-refractivity contribution is 0.407. The van der Waals surface area contributed by atoms with Crippen LogP contribution < -0.4 is 16.8 Å². The number of aliphatic imine (C=N–C) groups is 1. The maximum atomic E-state index is 13.5. The van der Waals surface area contributed by atoms with Crippen molar-refractivity contribution in [2.24, 2.45) is 16.5 Å². The van der Waals surface area contributed by atoms with E-state index >= 15 is 0 Å². The first kappa shape index (κ1) is 13.5. The lowest BCUT2D eigenvalue weighted by Crippen LogP contribution is -2.49. The Kier molecular flexibility index (Phi) is 3.07. The number of nitrogens with one attached hydrogen (secondary N) is 1. The van der Waals surface area contributed by atoms with E-state index in [0.29, 0.717) is 5.56 Å². The van der Waals surface area contributed by atoms with Crippen LogP contribution in [0.3, 0.4) is 0 Å². The lowest BCUT2D eigenvalue weighted by Gasteiger charge is -2.29. The van der Waals surface area contributed by atoms with Gasteiger partial charge in [-0.3, -0.25) is 5.73 Å². The van der Waals surface area contributed by atoms with Crippen LogP contribution in [0.2, 0.25) is 0 Å². The molecule has 0 aliphatic carbocycles. The molecule has 2 rings (SSSR count). The number of sulfone groups is 1. The van der Waals surface area contributed by atoms with E-state index in [9.17, 15) is 12.8 Å². The normalized spacial score (nSPS) is 22.8. The highest BCUT2D eigenvalue weighted by Gasteiger charge is 2.29. The minimum Gasteiger partial charge on any atom is -0.384 e. The molecule has 5 N–H and O–H groups in total. The molecule has 0 spiro atoms. The van der Waals surface area contributed by atoms with Crippen LogP contribution in [0.1, 0.15) is 5.56 Å². The predicted molar refractivity (Wildman–Crippen MR) is 69.3 cm³/mol. The van der Waals surface area contributed by atoms with Crippen LogP contribution >= 0.6 is 0 Å². The number of rotatable bonds is 2. The maximum absolute atomic E-state index is 13.5. The van der Waals surface area contributed by atoms with Crippen molar-refractivity contribution in [3.05, 3.63) is 41.9 Å². The van der Waals surface area contributed by atoms with Crippen molar-refractivity contribution in [3.8, 4) is 0 Å². The molecular weight excluding hydrogens is 271 g/mol. The van der Waals surface area contributed by atoms with Crippen LogP contribution in [0.4, 0.5) is 4.39 Å². The van der Waals surface area contributed by atoms with E-state index in [0.717, 1.165) is 18.4 Å². The third-order valence-electron chi connectivity index (χ3n) is 2.63. The number of amidine groups is 1. The Morgan fingerprint density at radius 3 is 2.68 bits per heavy atom. The summed E-state index contributed by atoms with van der Waals surface area (Å²) >= 11 is 0. The number of hydrogen-bond acceptors (Lipinski definition) is 6. The zero-order chi connectivity index (χ0) is 14.3. The van der Waals surface area contributed by atoms with Crippen LogP contribution in [0.25, 0.3) is 0 Å². The molecule has 8 heteroatoms. The molecule has 0 amide bonds. The molecule has 1 atom stereocenters. The van der Waals surface area contributed by atoms with E-state index in [-0.39, 0.29) is 5.84 Å². The van der Waals surface area contributed by atoms with Gasteiger partial charge in [0.05, 0.1) is 0 Å². The zero-order valence-corrected chi connectivity index (χ0v) is 10.9. The van der Waals surface area contributed by atoms with Gasteiger partial charge in [0.2, 0.25) is 5.79 Å². The Morgan fingerprint density at radius 2 is 2.11 bits per heavy atom. The van der Waals surface area contributed by atoms with Gasteiger partial charge in [-0.1, -0.05) is 6.07 Å². The quantitative estimate of drug-likeness (QED) is 0.695. The van der Waals surface area contributed by atoms with E-state index in [1.54, 1.807) is 0 Å².